The summed E-state index contributed by atoms with van der Waals surface area (Å²) in [6, 6.07) is -0.882. The van der Waals surface area contributed by atoms with Crippen molar-refractivity contribution in [2.75, 3.05) is 40.9 Å². The first kappa shape index (κ1) is 40.0. The van der Waals surface area contributed by atoms with Gasteiger partial charge < -0.3 is 28.8 Å². The molecule has 1 amide bonds. The number of hydrogen-bond acceptors (Lipinski definition) is 6. The lowest BCUT2D eigenvalue weighted by molar-refractivity contribution is -0.870. The zero-order chi connectivity index (χ0) is 30.8. The minimum atomic E-state index is -4.56. The van der Waals surface area contributed by atoms with E-state index in [1.54, 1.807) is 6.08 Å². The van der Waals surface area contributed by atoms with E-state index in [0.29, 0.717) is 17.4 Å². The Morgan fingerprint density at radius 1 is 0.829 bits per heavy atom. The predicted octanol–water partition coefficient (Wildman–Crippen LogP) is 6.82. The SMILES string of the molecule is CCCCC/C=C\CCCCCCCC(=O)NC(COP(=O)([O-])OCC[N+](C)(C)C)C(O)/C=C/CCCCCCC. The molecule has 0 saturated heterocycles. The number of likely N-dealkylation sites (N-methyl/N-ethyl adjacent to an activating group) is 1. The molecule has 3 unspecified atom stereocenters. The third kappa shape index (κ3) is 27.6. The molecule has 41 heavy (non-hydrogen) atoms. The van der Waals surface area contributed by atoms with Crippen molar-refractivity contribution in [3.63, 3.8) is 0 Å². The summed E-state index contributed by atoms with van der Waals surface area (Å²) in [5.41, 5.74) is 0. The lowest BCUT2D eigenvalue weighted by Gasteiger charge is -2.29. The Morgan fingerprint density at radius 2 is 1.34 bits per heavy atom. The monoisotopic (exact) mass is 602 g/mol. The van der Waals surface area contributed by atoms with Crippen LogP contribution in [0.25, 0.3) is 0 Å². The van der Waals surface area contributed by atoms with E-state index < -0.39 is 20.0 Å². The molecule has 0 aliphatic heterocycles. The third-order valence-electron chi connectivity index (χ3n) is 6.91. The highest BCUT2D eigenvalue weighted by Gasteiger charge is 2.23. The van der Waals surface area contributed by atoms with Crippen LogP contribution in [-0.4, -0.2) is 68.5 Å². The van der Waals surface area contributed by atoms with Crippen molar-refractivity contribution in [1.82, 2.24) is 5.32 Å². The highest BCUT2D eigenvalue weighted by atomic mass is 31.2. The average Bonchev–Trinajstić information content (AvgIpc) is 2.90. The van der Waals surface area contributed by atoms with E-state index in [4.69, 9.17) is 9.05 Å². The topological polar surface area (TPSA) is 108 Å². The van der Waals surface area contributed by atoms with Crippen molar-refractivity contribution in [2.45, 2.75) is 135 Å². The Hall–Kier alpha value is -1.02. The Kier molecular flexibility index (Phi) is 24.8. The van der Waals surface area contributed by atoms with E-state index in [1.807, 2.05) is 27.2 Å². The van der Waals surface area contributed by atoms with Crippen LogP contribution >= 0.6 is 7.82 Å². The van der Waals surface area contributed by atoms with Crippen LogP contribution in [0.1, 0.15) is 123 Å². The van der Waals surface area contributed by atoms with Gasteiger partial charge in [0.25, 0.3) is 7.82 Å². The van der Waals surface area contributed by atoms with Crippen LogP contribution in [0.3, 0.4) is 0 Å². The first-order chi connectivity index (χ1) is 19.5. The normalized spacial score (nSPS) is 15.4. The molecule has 0 aliphatic carbocycles. The highest BCUT2D eigenvalue weighted by Crippen LogP contribution is 2.38. The van der Waals surface area contributed by atoms with Crippen LogP contribution in [0.4, 0.5) is 0 Å². The minimum Gasteiger partial charge on any atom is -0.756 e. The Labute approximate surface area is 252 Å². The van der Waals surface area contributed by atoms with Gasteiger partial charge in [-0.05, 0) is 44.9 Å². The Bertz CT molecular complexity index is 738. The molecule has 9 heteroatoms. The summed E-state index contributed by atoms with van der Waals surface area (Å²) >= 11 is 0. The lowest BCUT2D eigenvalue weighted by atomic mass is 10.1. The standard InChI is InChI=1S/C32H63N2O6P/c1-6-8-10-12-14-15-16-17-18-20-22-24-26-32(36)33-30(31(35)25-23-21-19-13-11-9-7-2)29-40-41(37,38)39-28-27-34(3,4)5/h14-15,23,25,30-31,35H,6-13,16-22,24,26-29H2,1-5H3,(H-,33,36,37,38)/b15-14-,25-23+. The summed E-state index contributed by atoms with van der Waals surface area (Å²) in [5.74, 6) is -0.215. The van der Waals surface area contributed by atoms with Gasteiger partial charge in [-0.15, -0.1) is 0 Å². The maximum atomic E-state index is 12.6. The van der Waals surface area contributed by atoms with Crippen LogP contribution in [0.2, 0.25) is 0 Å². The number of allylic oxidation sites excluding steroid dienone is 3. The van der Waals surface area contributed by atoms with Crippen molar-refractivity contribution < 1.29 is 32.9 Å². The second-order valence-electron chi connectivity index (χ2n) is 12.2. The molecule has 242 valence electrons. The Balaban J connectivity index is 4.60. The van der Waals surface area contributed by atoms with Gasteiger partial charge >= 0.3 is 0 Å². The number of unbranched alkanes of at least 4 members (excludes halogenated alkanes) is 13. The first-order valence-electron chi connectivity index (χ1n) is 16.2. The van der Waals surface area contributed by atoms with Gasteiger partial charge in [-0.25, -0.2) is 0 Å². The summed E-state index contributed by atoms with van der Waals surface area (Å²) in [5, 5.41) is 13.5. The number of quaternary nitrogens is 1. The number of nitrogens with one attached hydrogen (secondary N) is 1. The molecule has 0 aromatic heterocycles. The maximum Gasteiger partial charge on any atom is 0.268 e. The van der Waals surface area contributed by atoms with E-state index in [1.165, 1.54) is 51.4 Å². The maximum absolute atomic E-state index is 12.6. The van der Waals surface area contributed by atoms with Crippen molar-refractivity contribution in [3.8, 4) is 0 Å². The highest BCUT2D eigenvalue weighted by molar-refractivity contribution is 7.45. The summed E-state index contributed by atoms with van der Waals surface area (Å²) in [6.07, 6.45) is 25.2. The van der Waals surface area contributed by atoms with Gasteiger partial charge in [0, 0.05) is 6.42 Å². The predicted molar refractivity (Wildman–Crippen MR) is 168 cm³/mol. The number of carbonyl (C=O) groups is 1. The fourth-order valence-corrected chi connectivity index (χ4v) is 4.92. The van der Waals surface area contributed by atoms with Crippen LogP contribution in [0.5, 0.6) is 0 Å². The van der Waals surface area contributed by atoms with Gasteiger partial charge in [0.2, 0.25) is 5.91 Å². The number of aliphatic hydroxyl groups is 1. The molecule has 0 radical (unpaired) electrons. The number of phosphoric ester groups is 1. The van der Waals surface area contributed by atoms with E-state index >= 15 is 0 Å². The van der Waals surface area contributed by atoms with E-state index in [0.717, 1.165) is 51.4 Å². The number of phosphoric acid groups is 1. The van der Waals surface area contributed by atoms with E-state index in [-0.39, 0.29) is 19.1 Å². The molecule has 3 atom stereocenters. The zero-order valence-corrected chi connectivity index (χ0v) is 27.9. The van der Waals surface area contributed by atoms with Crippen molar-refractivity contribution in [3.05, 3.63) is 24.3 Å². The average molecular weight is 603 g/mol. The zero-order valence-electron chi connectivity index (χ0n) is 27.0. The molecular formula is C32H63N2O6P. The number of hydrogen-bond donors (Lipinski definition) is 2. The molecule has 0 heterocycles. The van der Waals surface area contributed by atoms with Crippen molar-refractivity contribution >= 4 is 13.7 Å². The molecule has 8 nitrogen and oxygen atoms in total. The number of carbonyl (C=O) groups excluding carboxylic acids is 1. The van der Waals surface area contributed by atoms with Crippen LogP contribution in [0.15, 0.2) is 24.3 Å². The van der Waals surface area contributed by atoms with Gasteiger partial charge in [0.05, 0.1) is 39.9 Å². The smallest absolute Gasteiger partial charge is 0.268 e. The van der Waals surface area contributed by atoms with Crippen LogP contribution < -0.4 is 10.2 Å². The molecule has 0 bridgehead atoms. The van der Waals surface area contributed by atoms with Crippen LogP contribution in [0, 0.1) is 0 Å². The molecule has 0 aromatic carbocycles. The molecule has 0 rings (SSSR count). The second kappa shape index (κ2) is 25.5. The molecule has 0 aliphatic rings. The number of nitrogens with zero attached hydrogens (tertiary/aromatic N) is 1. The van der Waals surface area contributed by atoms with E-state index in [9.17, 15) is 19.4 Å². The van der Waals surface area contributed by atoms with Crippen molar-refractivity contribution in [2.24, 2.45) is 0 Å². The summed E-state index contributed by atoms with van der Waals surface area (Å²) in [4.78, 5) is 24.9. The fraction of sp³-hybridized carbons (Fsp3) is 0.844. The van der Waals surface area contributed by atoms with Gasteiger partial charge in [-0.2, -0.15) is 0 Å². The molecular weight excluding hydrogens is 539 g/mol. The van der Waals surface area contributed by atoms with Gasteiger partial charge in [-0.3, -0.25) is 9.36 Å². The molecule has 2 N–H and O–H groups in total. The quantitative estimate of drug-likeness (QED) is 0.0440. The summed E-state index contributed by atoms with van der Waals surface area (Å²) in [7, 11) is 1.25. The summed E-state index contributed by atoms with van der Waals surface area (Å²) in [6.45, 7) is 4.51. The van der Waals surface area contributed by atoms with Crippen LogP contribution in [-0.2, 0) is 18.4 Å². The summed E-state index contributed by atoms with van der Waals surface area (Å²) < 4.78 is 22.9. The largest absolute Gasteiger partial charge is 0.756 e. The molecule has 0 aromatic rings. The molecule has 0 fully saturated rings. The number of aliphatic hydroxyl groups excluding tert-OH is 1. The van der Waals surface area contributed by atoms with Gasteiger partial charge in [-0.1, -0.05) is 95.9 Å². The first-order valence-corrected chi connectivity index (χ1v) is 17.7. The minimum absolute atomic E-state index is 0.00294. The molecule has 0 saturated carbocycles. The second-order valence-corrected chi connectivity index (χ2v) is 13.6. The number of rotatable bonds is 28. The number of amides is 1. The lowest BCUT2D eigenvalue weighted by Crippen LogP contribution is -2.45. The van der Waals surface area contributed by atoms with Gasteiger partial charge in [0.1, 0.15) is 13.2 Å². The fourth-order valence-electron chi connectivity index (χ4n) is 4.20. The Morgan fingerprint density at radius 3 is 1.95 bits per heavy atom. The third-order valence-corrected chi connectivity index (χ3v) is 7.87. The van der Waals surface area contributed by atoms with E-state index in [2.05, 4.69) is 31.3 Å². The van der Waals surface area contributed by atoms with Crippen molar-refractivity contribution in [1.29, 1.82) is 0 Å². The molecule has 0 spiro atoms. The van der Waals surface area contributed by atoms with Gasteiger partial charge in [0.15, 0.2) is 0 Å².